The SMILES string of the molecule is CC(C)(C)OC(=O)N1C=CCC1(OC(F)F)C(=O)OCC(=O)c1ccc(Br)cc1. The van der Waals surface area contributed by atoms with E-state index in [0.29, 0.717) is 4.90 Å². The van der Waals surface area contributed by atoms with Crippen LogP contribution in [0.4, 0.5) is 13.6 Å². The number of carbonyl (C=O) groups excluding carboxylic acids is 3. The summed E-state index contributed by atoms with van der Waals surface area (Å²) < 4.78 is 41.5. The van der Waals surface area contributed by atoms with Crippen LogP contribution in [0.15, 0.2) is 41.0 Å². The normalized spacial score (nSPS) is 18.8. The fraction of sp³-hybridized carbons (Fsp3) is 0.421. The second-order valence-corrected chi connectivity index (χ2v) is 8.02. The molecule has 1 aromatic carbocycles. The Labute approximate surface area is 174 Å². The minimum Gasteiger partial charge on any atom is -0.454 e. The molecule has 1 heterocycles. The van der Waals surface area contributed by atoms with Crippen molar-refractivity contribution in [2.45, 2.75) is 45.1 Å². The molecule has 0 bridgehead atoms. The monoisotopic (exact) mass is 475 g/mol. The Morgan fingerprint density at radius 3 is 2.38 bits per heavy atom. The first-order valence-corrected chi connectivity index (χ1v) is 9.35. The van der Waals surface area contributed by atoms with Crippen LogP contribution < -0.4 is 0 Å². The highest BCUT2D eigenvalue weighted by Gasteiger charge is 2.54. The topological polar surface area (TPSA) is 82.1 Å². The average Bonchev–Trinajstić information content (AvgIpc) is 3.02. The smallest absolute Gasteiger partial charge is 0.417 e. The van der Waals surface area contributed by atoms with Crippen molar-refractivity contribution in [3.05, 3.63) is 46.6 Å². The van der Waals surface area contributed by atoms with E-state index in [1.54, 1.807) is 32.9 Å². The van der Waals surface area contributed by atoms with E-state index in [0.717, 1.165) is 10.7 Å². The van der Waals surface area contributed by atoms with Crippen LogP contribution in [0.3, 0.4) is 0 Å². The molecule has 0 aliphatic carbocycles. The largest absolute Gasteiger partial charge is 0.454 e. The number of esters is 1. The van der Waals surface area contributed by atoms with Crippen molar-refractivity contribution in [3.63, 3.8) is 0 Å². The molecule has 1 aliphatic heterocycles. The zero-order chi connectivity index (χ0) is 21.8. The molecule has 1 amide bonds. The zero-order valence-corrected chi connectivity index (χ0v) is 17.6. The van der Waals surface area contributed by atoms with Crippen molar-refractivity contribution in [1.82, 2.24) is 4.90 Å². The van der Waals surface area contributed by atoms with Crippen molar-refractivity contribution >= 4 is 33.8 Å². The summed E-state index contributed by atoms with van der Waals surface area (Å²) in [4.78, 5) is 37.9. The number of ether oxygens (including phenoxy) is 3. The highest BCUT2D eigenvalue weighted by molar-refractivity contribution is 9.10. The van der Waals surface area contributed by atoms with Gasteiger partial charge in [-0.15, -0.1) is 0 Å². The molecule has 0 saturated heterocycles. The van der Waals surface area contributed by atoms with Gasteiger partial charge in [-0.2, -0.15) is 8.78 Å². The predicted molar refractivity (Wildman–Crippen MR) is 101 cm³/mol. The molecule has 0 N–H and O–H groups in total. The van der Waals surface area contributed by atoms with E-state index in [1.807, 2.05) is 0 Å². The second kappa shape index (κ2) is 9.00. The summed E-state index contributed by atoms with van der Waals surface area (Å²) in [6, 6.07) is 6.27. The van der Waals surface area contributed by atoms with Gasteiger partial charge in [0, 0.05) is 22.7 Å². The van der Waals surface area contributed by atoms with Gasteiger partial charge in [0.25, 0.3) is 5.72 Å². The number of rotatable bonds is 6. The molecular weight excluding hydrogens is 456 g/mol. The number of nitrogens with zero attached hydrogens (tertiary/aromatic N) is 1. The highest BCUT2D eigenvalue weighted by Crippen LogP contribution is 2.33. The Kier molecular flexibility index (Phi) is 7.12. The van der Waals surface area contributed by atoms with Crippen LogP contribution in [0, 0.1) is 0 Å². The maximum absolute atomic E-state index is 13.1. The molecule has 0 fully saturated rings. The van der Waals surface area contributed by atoms with Gasteiger partial charge in [0.05, 0.1) is 0 Å². The molecule has 0 radical (unpaired) electrons. The van der Waals surface area contributed by atoms with Crippen LogP contribution in [0.25, 0.3) is 0 Å². The molecule has 1 atom stereocenters. The lowest BCUT2D eigenvalue weighted by molar-refractivity contribution is -0.249. The summed E-state index contributed by atoms with van der Waals surface area (Å²) >= 11 is 3.23. The summed E-state index contributed by atoms with van der Waals surface area (Å²) in [7, 11) is 0. The summed E-state index contributed by atoms with van der Waals surface area (Å²) in [5.74, 6) is -1.85. The van der Waals surface area contributed by atoms with Crippen LogP contribution in [-0.2, 0) is 19.0 Å². The minimum atomic E-state index is -3.38. The van der Waals surface area contributed by atoms with Crippen LogP contribution in [0.5, 0.6) is 0 Å². The Balaban J connectivity index is 2.17. The molecule has 10 heteroatoms. The van der Waals surface area contributed by atoms with Gasteiger partial charge in [0.2, 0.25) is 0 Å². The average molecular weight is 476 g/mol. The van der Waals surface area contributed by atoms with Crippen LogP contribution >= 0.6 is 15.9 Å². The van der Waals surface area contributed by atoms with Crippen molar-refractivity contribution in [2.24, 2.45) is 0 Å². The highest BCUT2D eigenvalue weighted by atomic mass is 79.9. The number of amides is 1. The maximum Gasteiger partial charge on any atom is 0.417 e. The van der Waals surface area contributed by atoms with E-state index in [1.165, 1.54) is 18.2 Å². The summed E-state index contributed by atoms with van der Waals surface area (Å²) in [5, 5.41) is 0. The Hall–Kier alpha value is -2.33. The minimum absolute atomic E-state index is 0.262. The molecule has 2 rings (SSSR count). The molecule has 0 saturated carbocycles. The van der Waals surface area contributed by atoms with E-state index < -0.39 is 42.4 Å². The third kappa shape index (κ3) is 5.83. The standard InChI is InChI=1S/C19H20BrF2NO6/c1-18(2,3)29-17(26)23-10-4-9-19(23,28-16(21)22)15(25)27-11-14(24)12-5-7-13(20)8-6-12/h4-8,10,16H,9,11H2,1-3H3. The number of Topliss-reactive ketones (excluding diaryl/α,β-unsaturated/α-hetero) is 1. The van der Waals surface area contributed by atoms with E-state index in [4.69, 9.17) is 9.47 Å². The molecule has 0 spiro atoms. The van der Waals surface area contributed by atoms with Gasteiger partial charge in [-0.3, -0.25) is 9.53 Å². The van der Waals surface area contributed by atoms with Gasteiger partial charge in [0.1, 0.15) is 5.60 Å². The van der Waals surface area contributed by atoms with Crippen LogP contribution in [-0.4, -0.2) is 47.3 Å². The third-order valence-corrected chi connectivity index (χ3v) is 4.26. The van der Waals surface area contributed by atoms with Crippen LogP contribution in [0.2, 0.25) is 0 Å². The van der Waals surface area contributed by atoms with Gasteiger partial charge in [-0.05, 0) is 32.9 Å². The Morgan fingerprint density at radius 1 is 1.21 bits per heavy atom. The number of ketones is 1. The quantitative estimate of drug-likeness (QED) is 0.451. The van der Waals surface area contributed by atoms with Gasteiger partial charge >= 0.3 is 18.7 Å². The lowest BCUT2D eigenvalue weighted by atomic mass is 10.1. The van der Waals surface area contributed by atoms with Crippen LogP contribution in [0.1, 0.15) is 37.6 Å². The van der Waals surface area contributed by atoms with Gasteiger partial charge in [-0.1, -0.05) is 34.1 Å². The fourth-order valence-corrected chi connectivity index (χ4v) is 2.77. The summed E-state index contributed by atoms with van der Waals surface area (Å²) in [6.45, 7) is 0.645. The number of alkyl halides is 2. The molecule has 1 aliphatic rings. The van der Waals surface area contributed by atoms with E-state index in [-0.39, 0.29) is 12.0 Å². The third-order valence-electron chi connectivity index (χ3n) is 3.73. The fourth-order valence-electron chi connectivity index (χ4n) is 2.50. The summed E-state index contributed by atoms with van der Waals surface area (Å²) in [5.41, 5.74) is -3.14. The Bertz CT molecular complexity index is 806. The first-order valence-electron chi connectivity index (χ1n) is 8.55. The summed E-state index contributed by atoms with van der Waals surface area (Å²) in [6.07, 6.45) is 0.948. The maximum atomic E-state index is 13.1. The van der Waals surface area contributed by atoms with Gasteiger partial charge in [-0.25, -0.2) is 14.5 Å². The molecule has 1 unspecified atom stereocenters. The first kappa shape index (κ1) is 23.0. The van der Waals surface area contributed by atoms with Crippen molar-refractivity contribution in [2.75, 3.05) is 6.61 Å². The number of hydrogen-bond donors (Lipinski definition) is 0. The van der Waals surface area contributed by atoms with E-state index in [9.17, 15) is 23.2 Å². The molecule has 29 heavy (non-hydrogen) atoms. The Morgan fingerprint density at radius 2 is 1.83 bits per heavy atom. The second-order valence-electron chi connectivity index (χ2n) is 7.11. The van der Waals surface area contributed by atoms with Crippen molar-refractivity contribution < 1.29 is 37.4 Å². The lowest BCUT2D eigenvalue weighted by Crippen LogP contribution is -2.56. The molecular formula is C19H20BrF2NO6. The first-order chi connectivity index (χ1) is 13.4. The van der Waals surface area contributed by atoms with Crippen molar-refractivity contribution in [1.29, 1.82) is 0 Å². The number of benzene rings is 1. The zero-order valence-electron chi connectivity index (χ0n) is 16.0. The number of hydrogen-bond acceptors (Lipinski definition) is 6. The van der Waals surface area contributed by atoms with E-state index in [2.05, 4.69) is 20.7 Å². The molecule has 0 aromatic heterocycles. The molecule has 1 aromatic rings. The molecule has 7 nitrogen and oxygen atoms in total. The van der Waals surface area contributed by atoms with Crippen molar-refractivity contribution in [3.8, 4) is 0 Å². The predicted octanol–water partition coefficient (Wildman–Crippen LogP) is 4.27. The number of halogens is 3. The van der Waals surface area contributed by atoms with Gasteiger partial charge < -0.3 is 9.47 Å². The molecule has 158 valence electrons. The van der Waals surface area contributed by atoms with Gasteiger partial charge in [0.15, 0.2) is 12.4 Å². The lowest BCUT2D eigenvalue weighted by Gasteiger charge is -2.35. The number of carbonyl (C=O) groups is 3. The van der Waals surface area contributed by atoms with E-state index >= 15 is 0 Å².